The quantitative estimate of drug-likeness (QED) is 0.873. The highest BCUT2D eigenvalue weighted by Gasteiger charge is 2.23. The molecule has 0 radical (unpaired) electrons. The zero-order valence-corrected chi connectivity index (χ0v) is 14.0. The maximum Gasteiger partial charge on any atom is 0.263 e. The monoisotopic (exact) mass is 326 g/mol. The molecule has 3 rings (SSSR count). The smallest absolute Gasteiger partial charge is 0.263 e. The van der Waals surface area contributed by atoms with E-state index >= 15 is 0 Å². The van der Waals surface area contributed by atoms with Crippen LogP contribution < -0.4 is 5.43 Å². The molecule has 1 aliphatic carbocycles. The number of aromatic nitrogens is 4. The van der Waals surface area contributed by atoms with Crippen LogP contribution in [0.1, 0.15) is 33.1 Å². The average Bonchev–Trinajstić information content (AvgIpc) is 3.03. The van der Waals surface area contributed by atoms with Crippen molar-refractivity contribution in [3.8, 4) is 11.4 Å². The number of tetrazole rings is 1. The molecule has 1 saturated carbocycles. The van der Waals surface area contributed by atoms with Crippen molar-refractivity contribution in [3.63, 3.8) is 0 Å². The number of hydrazone groups is 1. The maximum absolute atomic E-state index is 12.1. The number of amides is 1. The summed E-state index contributed by atoms with van der Waals surface area (Å²) in [6.07, 6.45) is 3.48. The molecule has 1 fully saturated rings. The van der Waals surface area contributed by atoms with Gasteiger partial charge in [-0.3, -0.25) is 4.79 Å². The van der Waals surface area contributed by atoms with E-state index in [0.717, 1.165) is 24.1 Å². The van der Waals surface area contributed by atoms with Crippen molar-refractivity contribution in [1.82, 2.24) is 25.6 Å². The van der Waals surface area contributed by atoms with Crippen molar-refractivity contribution in [1.29, 1.82) is 0 Å². The van der Waals surface area contributed by atoms with Crippen molar-refractivity contribution >= 4 is 11.6 Å². The summed E-state index contributed by atoms with van der Waals surface area (Å²) in [5, 5.41) is 16.5. The molecule has 0 bridgehead atoms. The standard InChI is InChI=1S/C17H22N6O/c1-12-7-6-8-13(2)16(12)19-18-15(24)11-23-21-17(20-22-23)14-9-4-3-5-10-14/h3-5,9-10,12-13H,6-8,11H2,1-2H3,(H,18,24)/t12-,13-/m0/s1. The summed E-state index contributed by atoms with van der Waals surface area (Å²) in [5.41, 5.74) is 4.58. The van der Waals surface area contributed by atoms with Gasteiger partial charge in [-0.2, -0.15) is 9.90 Å². The molecule has 0 unspecified atom stereocenters. The number of rotatable bonds is 4. The van der Waals surface area contributed by atoms with E-state index in [1.54, 1.807) is 0 Å². The minimum Gasteiger partial charge on any atom is -0.271 e. The van der Waals surface area contributed by atoms with E-state index in [9.17, 15) is 4.79 Å². The van der Waals surface area contributed by atoms with Crippen molar-refractivity contribution < 1.29 is 4.79 Å². The van der Waals surface area contributed by atoms with Crippen molar-refractivity contribution in [2.24, 2.45) is 16.9 Å². The number of benzene rings is 1. The first kappa shape index (κ1) is 16.3. The summed E-state index contributed by atoms with van der Waals surface area (Å²) in [6, 6.07) is 9.54. The van der Waals surface area contributed by atoms with Crippen LogP contribution in [-0.4, -0.2) is 31.8 Å². The molecule has 2 atom stereocenters. The van der Waals surface area contributed by atoms with Crippen molar-refractivity contribution in [2.75, 3.05) is 0 Å². The Hall–Kier alpha value is -2.57. The third kappa shape index (κ3) is 3.84. The van der Waals surface area contributed by atoms with Crippen LogP contribution in [-0.2, 0) is 11.3 Å². The molecule has 1 amide bonds. The van der Waals surface area contributed by atoms with Gasteiger partial charge in [-0.1, -0.05) is 50.6 Å². The SMILES string of the molecule is C[C@H]1CCC[C@H](C)C1=NNC(=O)Cn1nnc(-c2ccccc2)n1. The van der Waals surface area contributed by atoms with Crippen LogP contribution in [0.5, 0.6) is 0 Å². The van der Waals surface area contributed by atoms with Crippen LogP contribution in [0.3, 0.4) is 0 Å². The molecule has 1 N–H and O–H groups in total. The summed E-state index contributed by atoms with van der Waals surface area (Å²) >= 11 is 0. The third-order valence-corrected chi connectivity index (χ3v) is 4.36. The Morgan fingerprint density at radius 3 is 2.67 bits per heavy atom. The zero-order valence-electron chi connectivity index (χ0n) is 14.0. The molecule has 7 heteroatoms. The fraction of sp³-hybridized carbons (Fsp3) is 0.471. The summed E-state index contributed by atoms with van der Waals surface area (Å²) in [5.74, 6) is 1.10. The molecule has 1 heterocycles. The van der Waals surface area contributed by atoms with Gasteiger partial charge in [0.05, 0.1) is 0 Å². The fourth-order valence-electron chi connectivity index (χ4n) is 3.04. The number of hydrogen-bond donors (Lipinski definition) is 1. The Morgan fingerprint density at radius 1 is 1.25 bits per heavy atom. The predicted molar refractivity (Wildman–Crippen MR) is 91.0 cm³/mol. The predicted octanol–water partition coefficient (Wildman–Crippen LogP) is 2.27. The highest BCUT2D eigenvalue weighted by molar-refractivity contribution is 5.90. The average molecular weight is 326 g/mol. The van der Waals surface area contributed by atoms with Gasteiger partial charge < -0.3 is 0 Å². The molecule has 126 valence electrons. The second-order valence-corrected chi connectivity index (χ2v) is 6.31. The summed E-state index contributed by atoms with van der Waals surface area (Å²) in [7, 11) is 0. The first-order chi connectivity index (χ1) is 11.6. The Kier molecular flexibility index (Phi) is 4.98. The molecular formula is C17H22N6O. The highest BCUT2D eigenvalue weighted by Crippen LogP contribution is 2.25. The van der Waals surface area contributed by atoms with Gasteiger partial charge in [0, 0.05) is 11.3 Å². The Morgan fingerprint density at radius 2 is 1.96 bits per heavy atom. The molecular weight excluding hydrogens is 304 g/mol. The van der Waals surface area contributed by atoms with E-state index in [0.29, 0.717) is 17.7 Å². The summed E-state index contributed by atoms with van der Waals surface area (Å²) < 4.78 is 0. The first-order valence-electron chi connectivity index (χ1n) is 8.33. The lowest BCUT2D eigenvalue weighted by molar-refractivity contribution is -0.122. The van der Waals surface area contributed by atoms with Crippen LogP contribution in [0, 0.1) is 11.8 Å². The molecule has 24 heavy (non-hydrogen) atoms. The minimum absolute atomic E-state index is 0.000620. The molecule has 2 aromatic rings. The van der Waals surface area contributed by atoms with Gasteiger partial charge in [0.15, 0.2) is 0 Å². The van der Waals surface area contributed by atoms with Gasteiger partial charge >= 0.3 is 0 Å². The Bertz CT molecular complexity index is 712. The largest absolute Gasteiger partial charge is 0.271 e. The molecule has 1 aromatic heterocycles. The third-order valence-electron chi connectivity index (χ3n) is 4.36. The number of nitrogens with zero attached hydrogens (tertiary/aromatic N) is 5. The second kappa shape index (κ2) is 7.33. The first-order valence-corrected chi connectivity index (χ1v) is 8.33. The zero-order chi connectivity index (χ0) is 16.9. The Balaban J connectivity index is 1.60. The van der Waals surface area contributed by atoms with E-state index in [4.69, 9.17) is 0 Å². The number of carbonyl (C=O) groups is 1. The lowest BCUT2D eigenvalue weighted by Crippen LogP contribution is -2.31. The second-order valence-electron chi connectivity index (χ2n) is 6.31. The van der Waals surface area contributed by atoms with Crippen LogP contribution in [0.2, 0.25) is 0 Å². The normalized spacial score (nSPS) is 20.7. The molecule has 1 aromatic carbocycles. The lowest BCUT2D eigenvalue weighted by Gasteiger charge is -2.26. The van der Waals surface area contributed by atoms with Crippen molar-refractivity contribution in [2.45, 2.75) is 39.7 Å². The van der Waals surface area contributed by atoms with E-state index in [1.807, 2.05) is 30.3 Å². The fourth-order valence-corrected chi connectivity index (χ4v) is 3.04. The molecule has 0 spiro atoms. The molecule has 0 saturated heterocycles. The lowest BCUT2D eigenvalue weighted by atomic mass is 9.81. The van der Waals surface area contributed by atoms with E-state index < -0.39 is 0 Å². The van der Waals surface area contributed by atoms with E-state index in [1.165, 1.54) is 11.2 Å². The van der Waals surface area contributed by atoms with Gasteiger partial charge in [0.1, 0.15) is 6.54 Å². The summed E-state index contributed by atoms with van der Waals surface area (Å²) in [4.78, 5) is 13.4. The van der Waals surface area contributed by atoms with Gasteiger partial charge in [-0.05, 0) is 29.9 Å². The summed E-state index contributed by atoms with van der Waals surface area (Å²) in [6.45, 7) is 4.32. The van der Waals surface area contributed by atoms with Crippen molar-refractivity contribution in [3.05, 3.63) is 30.3 Å². The van der Waals surface area contributed by atoms with Gasteiger partial charge in [-0.15, -0.1) is 10.2 Å². The number of carbonyl (C=O) groups excluding carboxylic acids is 1. The van der Waals surface area contributed by atoms with Crippen LogP contribution in [0.15, 0.2) is 35.4 Å². The van der Waals surface area contributed by atoms with E-state index in [-0.39, 0.29) is 12.5 Å². The molecule has 0 aliphatic heterocycles. The Labute approximate surface area is 141 Å². The van der Waals surface area contributed by atoms with E-state index in [2.05, 4.69) is 39.8 Å². The van der Waals surface area contributed by atoms with Gasteiger partial charge in [0.2, 0.25) is 5.82 Å². The highest BCUT2D eigenvalue weighted by atomic mass is 16.2. The van der Waals surface area contributed by atoms with Crippen LogP contribution in [0.25, 0.3) is 11.4 Å². The van der Waals surface area contributed by atoms with Crippen LogP contribution >= 0.6 is 0 Å². The maximum atomic E-state index is 12.1. The number of nitrogens with one attached hydrogen (secondary N) is 1. The van der Waals surface area contributed by atoms with Gasteiger partial charge in [-0.25, -0.2) is 5.43 Å². The molecule has 7 nitrogen and oxygen atoms in total. The number of hydrogen-bond acceptors (Lipinski definition) is 5. The van der Waals surface area contributed by atoms with Gasteiger partial charge in [0.25, 0.3) is 5.91 Å². The molecule has 1 aliphatic rings. The van der Waals surface area contributed by atoms with Crippen LogP contribution in [0.4, 0.5) is 0 Å². The topological polar surface area (TPSA) is 85.1 Å². The minimum atomic E-state index is -0.246.